The van der Waals surface area contributed by atoms with E-state index in [1.165, 1.54) is 5.56 Å². The second-order valence-electron chi connectivity index (χ2n) is 3.80. The first kappa shape index (κ1) is 11.5. The van der Waals surface area contributed by atoms with Gasteiger partial charge < -0.3 is 10.1 Å². The van der Waals surface area contributed by atoms with Gasteiger partial charge in [-0.3, -0.25) is 0 Å². The number of benzene rings is 1. The number of nitrogens with one attached hydrogen (secondary N) is 1. The smallest absolute Gasteiger partial charge is 0.130 e. The molecule has 0 saturated carbocycles. The van der Waals surface area contributed by atoms with Crippen molar-refractivity contribution < 1.29 is 4.74 Å². The Morgan fingerprint density at radius 2 is 1.94 bits per heavy atom. The molecule has 3 nitrogen and oxygen atoms in total. The summed E-state index contributed by atoms with van der Waals surface area (Å²) in [6.07, 6.45) is 1.80. The highest BCUT2D eigenvalue weighted by molar-refractivity contribution is 5.57. The molecule has 0 spiro atoms. The van der Waals surface area contributed by atoms with Gasteiger partial charge in [-0.05, 0) is 55.8 Å². The van der Waals surface area contributed by atoms with E-state index in [1.54, 1.807) is 6.20 Å². The number of anilines is 2. The molecule has 0 atom stereocenters. The normalized spacial score (nSPS) is 10.0. The minimum Gasteiger partial charge on any atom is -0.494 e. The summed E-state index contributed by atoms with van der Waals surface area (Å²) in [5.41, 5.74) is 2.19. The summed E-state index contributed by atoms with van der Waals surface area (Å²) in [5, 5.41) is 3.25. The second kappa shape index (κ2) is 5.34. The summed E-state index contributed by atoms with van der Waals surface area (Å²) in [5.74, 6) is 1.74. The van der Waals surface area contributed by atoms with Crippen LogP contribution in [-0.4, -0.2) is 11.6 Å². The summed E-state index contributed by atoms with van der Waals surface area (Å²) >= 11 is 0. The van der Waals surface area contributed by atoms with E-state index in [2.05, 4.69) is 10.3 Å². The van der Waals surface area contributed by atoms with Gasteiger partial charge in [0, 0.05) is 11.9 Å². The largest absolute Gasteiger partial charge is 0.494 e. The topological polar surface area (TPSA) is 34.1 Å². The molecule has 3 heteroatoms. The van der Waals surface area contributed by atoms with E-state index >= 15 is 0 Å². The van der Waals surface area contributed by atoms with Crippen molar-refractivity contribution >= 4 is 11.5 Å². The number of pyridine rings is 1. The molecule has 0 bridgehead atoms. The molecule has 0 fully saturated rings. The molecular weight excluding hydrogens is 212 g/mol. The third kappa shape index (κ3) is 3.21. The first-order valence-electron chi connectivity index (χ1n) is 5.70. The van der Waals surface area contributed by atoms with Crippen molar-refractivity contribution in [1.29, 1.82) is 0 Å². The predicted octanol–water partition coefficient (Wildman–Crippen LogP) is 3.53. The van der Waals surface area contributed by atoms with E-state index < -0.39 is 0 Å². The van der Waals surface area contributed by atoms with E-state index in [4.69, 9.17) is 4.74 Å². The summed E-state index contributed by atoms with van der Waals surface area (Å²) in [7, 11) is 0. The fraction of sp³-hybridized carbons (Fsp3) is 0.214. The number of aromatic nitrogens is 1. The van der Waals surface area contributed by atoms with Crippen LogP contribution in [0.4, 0.5) is 11.5 Å². The second-order valence-corrected chi connectivity index (χ2v) is 3.80. The highest BCUT2D eigenvalue weighted by Crippen LogP contribution is 2.19. The number of ether oxygens (including phenoxy) is 1. The molecule has 1 aromatic carbocycles. The summed E-state index contributed by atoms with van der Waals surface area (Å²) in [6.45, 7) is 4.71. The zero-order valence-corrected chi connectivity index (χ0v) is 10.1. The first-order chi connectivity index (χ1) is 8.28. The Hall–Kier alpha value is -2.03. The fourth-order valence-electron chi connectivity index (χ4n) is 1.55. The van der Waals surface area contributed by atoms with Crippen molar-refractivity contribution in [3.8, 4) is 5.75 Å². The SMILES string of the molecule is CCOc1ccc(Nc2cc(C)ccn2)cc1. The maximum absolute atomic E-state index is 5.39. The minimum absolute atomic E-state index is 0.687. The van der Waals surface area contributed by atoms with E-state index in [0.717, 1.165) is 17.3 Å². The third-order valence-corrected chi connectivity index (χ3v) is 2.35. The molecule has 0 aliphatic heterocycles. The van der Waals surface area contributed by atoms with E-state index in [1.807, 2.05) is 50.2 Å². The monoisotopic (exact) mass is 228 g/mol. The number of rotatable bonds is 4. The molecule has 0 unspecified atom stereocenters. The van der Waals surface area contributed by atoms with Crippen molar-refractivity contribution in [2.24, 2.45) is 0 Å². The lowest BCUT2D eigenvalue weighted by atomic mass is 10.2. The molecule has 88 valence electrons. The quantitative estimate of drug-likeness (QED) is 0.869. The molecule has 0 aliphatic carbocycles. The molecule has 2 aromatic rings. The molecule has 17 heavy (non-hydrogen) atoms. The Labute approximate surface area is 101 Å². The standard InChI is InChI=1S/C14H16N2O/c1-3-17-13-6-4-12(5-7-13)16-14-10-11(2)8-9-15-14/h4-10H,3H2,1-2H3,(H,15,16). The number of hydrogen-bond acceptors (Lipinski definition) is 3. The van der Waals surface area contributed by atoms with Crippen molar-refractivity contribution in [3.05, 3.63) is 48.2 Å². The Morgan fingerprint density at radius 1 is 1.18 bits per heavy atom. The molecule has 0 saturated heterocycles. The average Bonchev–Trinajstić information content (AvgIpc) is 2.32. The molecule has 0 aliphatic rings. The lowest BCUT2D eigenvalue weighted by Gasteiger charge is -2.07. The molecule has 1 aromatic heterocycles. The average molecular weight is 228 g/mol. The summed E-state index contributed by atoms with van der Waals surface area (Å²) < 4.78 is 5.39. The van der Waals surface area contributed by atoms with Crippen LogP contribution >= 0.6 is 0 Å². The molecule has 0 radical (unpaired) electrons. The van der Waals surface area contributed by atoms with Crippen molar-refractivity contribution in [1.82, 2.24) is 4.98 Å². The Kier molecular flexibility index (Phi) is 3.60. The van der Waals surface area contributed by atoms with E-state index in [-0.39, 0.29) is 0 Å². The fourth-order valence-corrected chi connectivity index (χ4v) is 1.55. The zero-order chi connectivity index (χ0) is 12.1. The van der Waals surface area contributed by atoms with Gasteiger partial charge in [0.15, 0.2) is 0 Å². The van der Waals surface area contributed by atoms with Crippen molar-refractivity contribution in [3.63, 3.8) is 0 Å². The third-order valence-electron chi connectivity index (χ3n) is 2.35. The molecule has 2 rings (SSSR count). The van der Waals surface area contributed by atoms with Gasteiger partial charge in [0.1, 0.15) is 11.6 Å². The minimum atomic E-state index is 0.687. The van der Waals surface area contributed by atoms with Gasteiger partial charge in [-0.1, -0.05) is 0 Å². The van der Waals surface area contributed by atoms with E-state index in [9.17, 15) is 0 Å². The first-order valence-corrected chi connectivity index (χ1v) is 5.70. The molecule has 1 heterocycles. The Balaban J connectivity index is 2.08. The van der Waals surface area contributed by atoms with Crippen LogP contribution in [-0.2, 0) is 0 Å². The summed E-state index contributed by atoms with van der Waals surface area (Å²) in [6, 6.07) is 11.8. The van der Waals surface area contributed by atoms with Gasteiger partial charge in [-0.15, -0.1) is 0 Å². The van der Waals surface area contributed by atoms with Crippen LogP contribution in [0.3, 0.4) is 0 Å². The van der Waals surface area contributed by atoms with Crippen LogP contribution in [0.15, 0.2) is 42.6 Å². The van der Waals surface area contributed by atoms with Gasteiger partial charge in [0.25, 0.3) is 0 Å². The van der Waals surface area contributed by atoms with Crippen LogP contribution in [0.1, 0.15) is 12.5 Å². The van der Waals surface area contributed by atoms with Crippen LogP contribution in [0.5, 0.6) is 5.75 Å². The van der Waals surface area contributed by atoms with Gasteiger partial charge in [-0.25, -0.2) is 4.98 Å². The van der Waals surface area contributed by atoms with Gasteiger partial charge in [0.05, 0.1) is 6.61 Å². The maximum Gasteiger partial charge on any atom is 0.130 e. The van der Waals surface area contributed by atoms with Gasteiger partial charge in [0.2, 0.25) is 0 Å². The van der Waals surface area contributed by atoms with Crippen LogP contribution in [0.25, 0.3) is 0 Å². The number of aryl methyl sites for hydroxylation is 1. The maximum atomic E-state index is 5.39. The molecular formula is C14H16N2O. The lowest BCUT2D eigenvalue weighted by molar-refractivity contribution is 0.340. The van der Waals surface area contributed by atoms with Gasteiger partial charge >= 0.3 is 0 Å². The van der Waals surface area contributed by atoms with Crippen LogP contribution < -0.4 is 10.1 Å². The van der Waals surface area contributed by atoms with Crippen molar-refractivity contribution in [2.45, 2.75) is 13.8 Å². The Bertz CT molecular complexity index is 480. The predicted molar refractivity (Wildman–Crippen MR) is 69.9 cm³/mol. The van der Waals surface area contributed by atoms with Crippen LogP contribution in [0, 0.1) is 6.92 Å². The molecule has 1 N–H and O–H groups in total. The molecule has 0 amide bonds. The lowest BCUT2D eigenvalue weighted by Crippen LogP contribution is -1.94. The summed E-state index contributed by atoms with van der Waals surface area (Å²) in [4.78, 5) is 4.25. The highest BCUT2D eigenvalue weighted by atomic mass is 16.5. The van der Waals surface area contributed by atoms with Crippen LogP contribution in [0.2, 0.25) is 0 Å². The zero-order valence-electron chi connectivity index (χ0n) is 10.1. The highest BCUT2D eigenvalue weighted by Gasteiger charge is 1.97. The van der Waals surface area contributed by atoms with Gasteiger partial charge in [-0.2, -0.15) is 0 Å². The Morgan fingerprint density at radius 3 is 2.59 bits per heavy atom. The number of nitrogens with zero attached hydrogens (tertiary/aromatic N) is 1. The number of hydrogen-bond donors (Lipinski definition) is 1. The van der Waals surface area contributed by atoms with Crippen molar-refractivity contribution in [2.75, 3.05) is 11.9 Å². The van der Waals surface area contributed by atoms with E-state index in [0.29, 0.717) is 6.61 Å².